The van der Waals surface area contributed by atoms with Crippen molar-refractivity contribution in [2.24, 2.45) is 0 Å². The third-order valence-electron chi connectivity index (χ3n) is 2.26. The van der Waals surface area contributed by atoms with Crippen LogP contribution < -0.4 is 5.32 Å². The Bertz CT molecular complexity index is 260. The zero-order chi connectivity index (χ0) is 10.4. The Morgan fingerprint density at radius 3 is 2.93 bits per heavy atom. The molecule has 2 nitrogen and oxygen atoms in total. The summed E-state index contributed by atoms with van der Waals surface area (Å²) < 4.78 is 0. The number of hydrogen-bond donors (Lipinski definition) is 1. The van der Waals surface area contributed by atoms with Gasteiger partial charge in [-0.15, -0.1) is 11.3 Å². The van der Waals surface area contributed by atoms with Crippen LogP contribution >= 0.6 is 23.1 Å². The van der Waals surface area contributed by atoms with Crippen molar-refractivity contribution in [1.82, 2.24) is 10.3 Å². The second kappa shape index (κ2) is 6.43. The second-order valence-corrected chi connectivity index (χ2v) is 5.15. The van der Waals surface area contributed by atoms with E-state index in [-0.39, 0.29) is 0 Å². The van der Waals surface area contributed by atoms with Gasteiger partial charge >= 0.3 is 0 Å². The van der Waals surface area contributed by atoms with Crippen LogP contribution in [-0.2, 0) is 6.54 Å². The van der Waals surface area contributed by atoms with Gasteiger partial charge in [-0.05, 0) is 19.6 Å². The number of rotatable bonds is 6. The van der Waals surface area contributed by atoms with Gasteiger partial charge in [-0.25, -0.2) is 4.98 Å². The van der Waals surface area contributed by atoms with E-state index in [0.717, 1.165) is 6.54 Å². The lowest BCUT2D eigenvalue weighted by molar-refractivity contribution is 0.543. The Morgan fingerprint density at radius 2 is 2.43 bits per heavy atom. The lowest BCUT2D eigenvalue weighted by Crippen LogP contribution is -2.29. The molecule has 1 N–H and O–H groups in total. The fourth-order valence-electron chi connectivity index (χ4n) is 1.26. The largest absolute Gasteiger partial charge is 0.308 e. The van der Waals surface area contributed by atoms with Gasteiger partial charge in [0.05, 0.1) is 11.2 Å². The molecule has 0 amide bonds. The Morgan fingerprint density at radius 1 is 1.64 bits per heavy atom. The molecule has 0 aliphatic heterocycles. The van der Waals surface area contributed by atoms with Crippen molar-refractivity contribution in [2.75, 3.05) is 12.0 Å². The lowest BCUT2D eigenvalue weighted by Gasteiger charge is -2.14. The fourth-order valence-corrected chi connectivity index (χ4v) is 2.74. The average Bonchev–Trinajstić information content (AvgIpc) is 2.59. The predicted octanol–water partition coefficient (Wildman–Crippen LogP) is 2.68. The first-order valence-electron chi connectivity index (χ1n) is 4.89. The SMILES string of the molecule is CCC(CSC)NCc1scnc1C. The van der Waals surface area contributed by atoms with Crippen molar-refractivity contribution in [3.8, 4) is 0 Å². The molecule has 0 aromatic carbocycles. The van der Waals surface area contributed by atoms with Gasteiger partial charge in [0, 0.05) is 23.2 Å². The first-order chi connectivity index (χ1) is 6.77. The molecule has 14 heavy (non-hydrogen) atoms. The number of nitrogens with one attached hydrogen (secondary N) is 1. The molecule has 0 bridgehead atoms. The summed E-state index contributed by atoms with van der Waals surface area (Å²) in [6, 6.07) is 0.631. The van der Waals surface area contributed by atoms with Gasteiger partial charge in [0.25, 0.3) is 0 Å². The van der Waals surface area contributed by atoms with E-state index in [1.807, 2.05) is 17.3 Å². The smallest absolute Gasteiger partial charge is 0.0798 e. The van der Waals surface area contributed by atoms with E-state index in [1.165, 1.54) is 22.7 Å². The molecule has 1 atom stereocenters. The van der Waals surface area contributed by atoms with E-state index in [1.54, 1.807) is 11.3 Å². The molecule has 1 rings (SSSR count). The first kappa shape index (κ1) is 12.0. The standard InChI is InChI=1S/C10H18N2S2/c1-4-9(6-13-3)11-5-10-8(2)12-7-14-10/h7,9,11H,4-6H2,1-3H3. The third-order valence-corrected chi connectivity index (χ3v) is 3.93. The van der Waals surface area contributed by atoms with Crippen LogP contribution in [0.15, 0.2) is 5.51 Å². The van der Waals surface area contributed by atoms with Gasteiger partial charge in [-0.2, -0.15) is 11.8 Å². The summed E-state index contributed by atoms with van der Waals surface area (Å²) >= 11 is 3.64. The summed E-state index contributed by atoms with van der Waals surface area (Å²) in [6.07, 6.45) is 3.35. The molecular formula is C10H18N2S2. The van der Waals surface area contributed by atoms with E-state index in [2.05, 4.69) is 30.4 Å². The number of aromatic nitrogens is 1. The highest BCUT2D eigenvalue weighted by Crippen LogP contribution is 2.12. The van der Waals surface area contributed by atoms with Gasteiger partial charge in [-0.1, -0.05) is 6.92 Å². The minimum atomic E-state index is 0.631. The molecule has 0 aliphatic rings. The minimum Gasteiger partial charge on any atom is -0.308 e. The molecular weight excluding hydrogens is 212 g/mol. The van der Waals surface area contributed by atoms with E-state index in [4.69, 9.17) is 0 Å². The number of aryl methyl sites for hydroxylation is 1. The number of hydrogen-bond acceptors (Lipinski definition) is 4. The van der Waals surface area contributed by atoms with Crippen LogP contribution in [0.3, 0.4) is 0 Å². The van der Waals surface area contributed by atoms with Gasteiger partial charge in [0.15, 0.2) is 0 Å². The van der Waals surface area contributed by atoms with Gasteiger partial charge < -0.3 is 5.32 Å². The monoisotopic (exact) mass is 230 g/mol. The molecule has 1 aromatic rings. The summed E-state index contributed by atoms with van der Waals surface area (Å²) in [5.74, 6) is 1.19. The fraction of sp³-hybridized carbons (Fsp3) is 0.700. The minimum absolute atomic E-state index is 0.631. The third kappa shape index (κ3) is 3.59. The molecule has 0 fully saturated rings. The molecule has 1 aromatic heterocycles. The van der Waals surface area contributed by atoms with Crippen molar-refractivity contribution >= 4 is 23.1 Å². The molecule has 0 saturated carbocycles. The van der Waals surface area contributed by atoms with Crippen LogP contribution in [-0.4, -0.2) is 23.0 Å². The molecule has 1 unspecified atom stereocenters. The number of nitrogens with zero attached hydrogens (tertiary/aromatic N) is 1. The van der Waals surface area contributed by atoms with Gasteiger partial charge in [0.1, 0.15) is 0 Å². The van der Waals surface area contributed by atoms with Crippen LogP contribution in [0.5, 0.6) is 0 Å². The molecule has 0 saturated heterocycles. The maximum atomic E-state index is 4.24. The number of thioether (sulfide) groups is 1. The van der Waals surface area contributed by atoms with Crippen molar-refractivity contribution in [3.05, 3.63) is 16.1 Å². The molecule has 0 spiro atoms. The average molecular weight is 230 g/mol. The van der Waals surface area contributed by atoms with Crippen molar-refractivity contribution in [3.63, 3.8) is 0 Å². The zero-order valence-electron chi connectivity index (χ0n) is 9.04. The molecule has 1 heterocycles. The van der Waals surface area contributed by atoms with Crippen LogP contribution in [0.1, 0.15) is 23.9 Å². The van der Waals surface area contributed by atoms with E-state index < -0.39 is 0 Å². The predicted molar refractivity (Wildman–Crippen MR) is 66.2 cm³/mol. The normalized spacial score (nSPS) is 13.1. The summed E-state index contributed by atoms with van der Waals surface area (Å²) in [6.45, 7) is 5.27. The van der Waals surface area contributed by atoms with Crippen LogP contribution in [0.4, 0.5) is 0 Å². The first-order valence-corrected chi connectivity index (χ1v) is 7.16. The van der Waals surface area contributed by atoms with Crippen LogP contribution in [0.25, 0.3) is 0 Å². The Labute approximate surface area is 94.5 Å². The highest BCUT2D eigenvalue weighted by Gasteiger charge is 2.06. The van der Waals surface area contributed by atoms with Gasteiger partial charge in [0.2, 0.25) is 0 Å². The Kier molecular flexibility index (Phi) is 5.52. The van der Waals surface area contributed by atoms with E-state index >= 15 is 0 Å². The number of thiazole rings is 1. The zero-order valence-corrected chi connectivity index (χ0v) is 10.7. The quantitative estimate of drug-likeness (QED) is 0.813. The summed E-state index contributed by atoms with van der Waals surface area (Å²) in [5.41, 5.74) is 3.09. The molecule has 0 radical (unpaired) electrons. The maximum Gasteiger partial charge on any atom is 0.0798 e. The topological polar surface area (TPSA) is 24.9 Å². The van der Waals surface area contributed by atoms with Crippen LogP contribution in [0, 0.1) is 6.92 Å². The lowest BCUT2D eigenvalue weighted by atomic mass is 10.2. The summed E-state index contributed by atoms with van der Waals surface area (Å²) in [5, 5.41) is 3.56. The molecule has 80 valence electrons. The highest BCUT2D eigenvalue weighted by atomic mass is 32.2. The van der Waals surface area contributed by atoms with Crippen molar-refractivity contribution < 1.29 is 0 Å². The van der Waals surface area contributed by atoms with Gasteiger partial charge in [-0.3, -0.25) is 0 Å². The summed E-state index contributed by atoms with van der Waals surface area (Å²) in [4.78, 5) is 5.61. The Hall–Kier alpha value is -0.0600. The van der Waals surface area contributed by atoms with Crippen LogP contribution in [0.2, 0.25) is 0 Å². The van der Waals surface area contributed by atoms with Crippen molar-refractivity contribution in [2.45, 2.75) is 32.9 Å². The summed E-state index contributed by atoms with van der Waals surface area (Å²) in [7, 11) is 0. The van der Waals surface area contributed by atoms with E-state index in [0.29, 0.717) is 6.04 Å². The van der Waals surface area contributed by atoms with E-state index in [9.17, 15) is 0 Å². The Balaban J connectivity index is 2.35. The second-order valence-electron chi connectivity index (χ2n) is 3.30. The van der Waals surface area contributed by atoms with Crippen molar-refractivity contribution in [1.29, 1.82) is 0 Å². The maximum absolute atomic E-state index is 4.24. The molecule has 0 aliphatic carbocycles. The molecule has 4 heteroatoms. The highest BCUT2D eigenvalue weighted by molar-refractivity contribution is 7.98.